The van der Waals surface area contributed by atoms with Gasteiger partial charge in [-0.25, -0.2) is 4.39 Å². The number of amides is 1. The number of benzene rings is 2. The van der Waals surface area contributed by atoms with Crippen LogP contribution in [-0.4, -0.2) is 64.2 Å². The van der Waals surface area contributed by atoms with Crippen LogP contribution < -0.4 is 10.6 Å². The molecule has 8 nitrogen and oxygen atoms in total. The number of carbonyl (C=O) groups is 1. The maximum atomic E-state index is 14.7. The van der Waals surface area contributed by atoms with Gasteiger partial charge in [0.15, 0.2) is 0 Å². The molecule has 0 spiro atoms. The number of amidine groups is 1. The number of carbonyl (C=O) groups excluding carboxylic acids is 1. The summed E-state index contributed by atoms with van der Waals surface area (Å²) in [7, 11) is 0. The number of hydrogen-bond donors (Lipinski definition) is 3. The van der Waals surface area contributed by atoms with E-state index in [1.807, 2.05) is 36.9 Å². The van der Waals surface area contributed by atoms with Crippen molar-refractivity contribution in [2.45, 2.75) is 42.2 Å². The molecule has 3 N–H and O–H groups in total. The van der Waals surface area contributed by atoms with Crippen LogP contribution in [0.2, 0.25) is 0 Å². The molecule has 0 aliphatic carbocycles. The third-order valence-electron chi connectivity index (χ3n) is 6.49. The van der Waals surface area contributed by atoms with Crippen LogP contribution in [0.5, 0.6) is 0 Å². The second-order valence-corrected chi connectivity index (χ2v) is 10.2. The van der Waals surface area contributed by atoms with Crippen LogP contribution in [0.15, 0.2) is 46.4 Å². The Morgan fingerprint density at radius 2 is 2.06 bits per heavy atom. The fourth-order valence-corrected chi connectivity index (χ4v) is 6.38. The number of aliphatic imine (C=N–C) groups is 1. The second-order valence-electron chi connectivity index (χ2n) is 9.06. The number of thioether (sulfide) groups is 1. The summed E-state index contributed by atoms with van der Waals surface area (Å²) in [6, 6.07) is 9.05. The van der Waals surface area contributed by atoms with Crippen LogP contribution in [0.25, 0.3) is 10.9 Å². The van der Waals surface area contributed by atoms with Crippen molar-refractivity contribution >= 4 is 40.1 Å². The lowest BCUT2D eigenvalue weighted by Crippen LogP contribution is -2.48. The minimum atomic E-state index is -0.365. The summed E-state index contributed by atoms with van der Waals surface area (Å²) in [5.74, 6) is 0.304. The minimum Gasteiger partial charge on any atom is -0.372 e. The predicted octanol–water partition coefficient (Wildman–Crippen LogP) is 3.54. The molecule has 3 aliphatic rings. The van der Waals surface area contributed by atoms with Gasteiger partial charge in [-0.3, -0.25) is 20.2 Å². The molecule has 6 rings (SSSR count). The lowest BCUT2D eigenvalue weighted by Gasteiger charge is -2.35. The first kappa shape index (κ1) is 21.6. The zero-order chi connectivity index (χ0) is 23.4. The van der Waals surface area contributed by atoms with Gasteiger partial charge in [-0.05, 0) is 37.6 Å². The number of nitrogens with one attached hydrogen (secondary N) is 3. The molecule has 4 atom stereocenters. The number of H-pyrrole nitrogens is 1. The molecule has 2 aromatic carbocycles. The maximum Gasteiger partial charge on any atom is 0.254 e. The van der Waals surface area contributed by atoms with Gasteiger partial charge >= 0.3 is 0 Å². The SMILES string of the molecule is C[C@@H]1CN(C(=O)c2ccc3c(c2)SC2NCN=C(Nc4cc5cn[nH]c5cc4F)C32)C[C@H](C)O1. The van der Waals surface area contributed by atoms with E-state index in [-0.39, 0.29) is 35.2 Å². The average Bonchev–Trinajstić information content (AvgIpc) is 3.41. The molecule has 1 amide bonds. The maximum absolute atomic E-state index is 14.7. The highest BCUT2D eigenvalue weighted by molar-refractivity contribution is 8.00. The predicted molar refractivity (Wildman–Crippen MR) is 130 cm³/mol. The summed E-state index contributed by atoms with van der Waals surface area (Å²) >= 11 is 1.69. The molecule has 4 heterocycles. The Kier molecular flexibility index (Phi) is 5.31. The van der Waals surface area contributed by atoms with Gasteiger partial charge in [0.1, 0.15) is 11.7 Å². The second kappa shape index (κ2) is 8.37. The van der Waals surface area contributed by atoms with Gasteiger partial charge < -0.3 is 15.0 Å². The molecule has 34 heavy (non-hydrogen) atoms. The van der Waals surface area contributed by atoms with Crippen molar-refractivity contribution in [1.29, 1.82) is 0 Å². The Hall–Kier alpha value is -2.95. The Morgan fingerprint density at radius 3 is 2.88 bits per heavy atom. The lowest BCUT2D eigenvalue weighted by atomic mass is 9.95. The Balaban J connectivity index is 1.27. The highest BCUT2D eigenvalue weighted by atomic mass is 32.2. The molecule has 3 aliphatic heterocycles. The summed E-state index contributed by atoms with van der Waals surface area (Å²) in [6.07, 6.45) is 1.72. The van der Waals surface area contributed by atoms with Crippen LogP contribution in [-0.2, 0) is 4.74 Å². The number of nitrogens with zero attached hydrogens (tertiary/aromatic N) is 3. The molecule has 0 radical (unpaired) electrons. The fourth-order valence-electron chi connectivity index (χ4n) is 5.01. The van der Waals surface area contributed by atoms with E-state index in [0.29, 0.717) is 42.4 Å². The molecule has 1 aromatic heterocycles. The standard InChI is InChI=1S/C24H25FN6O2S/c1-12-9-31(10-13(2)33-12)24(32)14-3-4-16-20(6-14)34-23-21(16)22(26-11-27-23)29-19-5-15-8-28-30-18(15)7-17(19)25/h3-8,12-13,21,23,27H,9-11H2,1-2H3,(H,26,29)(H,28,30)/t12-,13+,21?,23?. The number of halogens is 1. The number of ether oxygens (including phenoxy) is 1. The number of aromatic nitrogens is 2. The van der Waals surface area contributed by atoms with Crippen molar-refractivity contribution in [2.24, 2.45) is 4.99 Å². The normalized spacial score (nSPS) is 26.2. The van der Waals surface area contributed by atoms with E-state index >= 15 is 0 Å². The first-order valence-electron chi connectivity index (χ1n) is 11.4. The molecule has 0 saturated carbocycles. The topological polar surface area (TPSA) is 94.6 Å². The number of hydrogen-bond acceptors (Lipinski definition) is 7. The summed E-state index contributed by atoms with van der Waals surface area (Å²) < 4.78 is 20.5. The monoisotopic (exact) mass is 480 g/mol. The van der Waals surface area contributed by atoms with E-state index in [2.05, 4.69) is 25.8 Å². The number of rotatable bonds is 2. The van der Waals surface area contributed by atoms with Gasteiger partial charge in [0.25, 0.3) is 5.91 Å². The largest absolute Gasteiger partial charge is 0.372 e. The number of aromatic amines is 1. The van der Waals surface area contributed by atoms with Gasteiger partial charge in [-0.15, -0.1) is 11.8 Å². The van der Waals surface area contributed by atoms with E-state index in [1.165, 1.54) is 6.07 Å². The molecule has 2 unspecified atom stereocenters. The molecule has 10 heteroatoms. The van der Waals surface area contributed by atoms with E-state index < -0.39 is 0 Å². The van der Waals surface area contributed by atoms with Gasteiger partial charge in [-0.2, -0.15) is 5.10 Å². The number of fused-ring (bicyclic) bond motifs is 4. The van der Waals surface area contributed by atoms with Gasteiger partial charge in [0.2, 0.25) is 0 Å². The molecule has 3 aromatic rings. The summed E-state index contributed by atoms with van der Waals surface area (Å²) in [6.45, 7) is 5.61. The van der Waals surface area contributed by atoms with Crippen molar-refractivity contribution in [2.75, 3.05) is 25.1 Å². The van der Waals surface area contributed by atoms with Crippen molar-refractivity contribution in [3.05, 3.63) is 53.5 Å². The molecule has 0 bridgehead atoms. The third-order valence-corrected chi connectivity index (χ3v) is 7.79. The summed E-state index contributed by atoms with van der Waals surface area (Å²) in [5.41, 5.74) is 2.78. The quantitative estimate of drug-likeness (QED) is 0.520. The lowest BCUT2D eigenvalue weighted by molar-refractivity contribution is -0.0586. The van der Waals surface area contributed by atoms with E-state index in [9.17, 15) is 9.18 Å². The van der Waals surface area contributed by atoms with E-state index in [0.717, 1.165) is 15.8 Å². The third kappa shape index (κ3) is 3.75. The first-order valence-corrected chi connectivity index (χ1v) is 12.3. The van der Waals surface area contributed by atoms with Crippen LogP contribution >= 0.6 is 11.8 Å². The van der Waals surface area contributed by atoms with Crippen LogP contribution in [0, 0.1) is 5.82 Å². The fraction of sp³-hybridized carbons (Fsp3) is 0.375. The van der Waals surface area contributed by atoms with Crippen LogP contribution in [0.3, 0.4) is 0 Å². The molecule has 1 saturated heterocycles. The molecular formula is C24H25FN6O2S. The van der Waals surface area contributed by atoms with Gasteiger partial charge in [0, 0.05) is 35.0 Å². The molecule has 176 valence electrons. The van der Waals surface area contributed by atoms with E-state index in [1.54, 1.807) is 24.0 Å². The Morgan fingerprint density at radius 1 is 1.24 bits per heavy atom. The Labute approximate surface area is 200 Å². The van der Waals surface area contributed by atoms with Gasteiger partial charge in [-0.1, -0.05) is 6.07 Å². The van der Waals surface area contributed by atoms with Crippen molar-refractivity contribution in [1.82, 2.24) is 20.4 Å². The number of anilines is 1. The molecule has 1 fully saturated rings. The van der Waals surface area contributed by atoms with Crippen LogP contribution in [0.1, 0.15) is 35.7 Å². The average molecular weight is 481 g/mol. The highest BCUT2D eigenvalue weighted by Gasteiger charge is 2.39. The minimum absolute atomic E-state index is 0.0232. The van der Waals surface area contributed by atoms with Crippen molar-refractivity contribution < 1.29 is 13.9 Å². The van der Waals surface area contributed by atoms with E-state index in [4.69, 9.17) is 4.74 Å². The van der Waals surface area contributed by atoms with Gasteiger partial charge in [0.05, 0.1) is 47.6 Å². The first-order chi connectivity index (χ1) is 16.5. The highest BCUT2D eigenvalue weighted by Crippen LogP contribution is 2.46. The molecular weight excluding hydrogens is 455 g/mol. The zero-order valence-electron chi connectivity index (χ0n) is 18.8. The number of morpholine rings is 1. The van der Waals surface area contributed by atoms with Crippen molar-refractivity contribution in [3.63, 3.8) is 0 Å². The summed E-state index contributed by atoms with van der Waals surface area (Å²) in [5, 5.41) is 14.3. The summed E-state index contributed by atoms with van der Waals surface area (Å²) in [4.78, 5) is 20.7. The Bertz CT molecular complexity index is 1300. The zero-order valence-corrected chi connectivity index (χ0v) is 19.7. The van der Waals surface area contributed by atoms with Crippen LogP contribution in [0.4, 0.5) is 10.1 Å². The smallest absolute Gasteiger partial charge is 0.254 e. The van der Waals surface area contributed by atoms with Crippen molar-refractivity contribution in [3.8, 4) is 0 Å².